The van der Waals surface area contributed by atoms with E-state index < -0.39 is 14.5 Å². The standard InChI is InChI=1S/C24H30N4O3Si/c1-24(2,3)32(4,5)31-22(27-28-25)15-18-11-13-20(23-19(18)12-14-21(29)26-23)30-16-17-9-7-6-8-10-17/h6-14,22H,15-16H2,1-5H3,(H,26,29)/t22-/m1/s1. The first-order valence-electron chi connectivity index (χ1n) is 10.6. The average Bonchev–Trinajstić information content (AvgIpc) is 2.73. The lowest BCUT2D eigenvalue weighted by Gasteiger charge is -2.38. The maximum absolute atomic E-state index is 12.0. The lowest BCUT2D eigenvalue weighted by atomic mass is 10.0. The van der Waals surface area contributed by atoms with E-state index in [0.717, 1.165) is 16.5 Å². The summed E-state index contributed by atoms with van der Waals surface area (Å²) in [5, 5.41) is 4.76. The van der Waals surface area contributed by atoms with Crippen molar-refractivity contribution in [2.24, 2.45) is 5.11 Å². The number of benzene rings is 2. The summed E-state index contributed by atoms with van der Waals surface area (Å²) in [7, 11) is -2.14. The van der Waals surface area contributed by atoms with Crippen LogP contribution in [0.15, 0.2) is 64.5 Å². The number of fused-ring (bicyclic) bond motifs is 1. The van der Waals surface area contributed by atoms with Gasteiger partial charge in [0.25, 0.3) is 0 Å². The molecule has 1 N–H and O–H groups in total. The van der Waals surface area contributed by atoms with Crippen LogP contribution < -0.4 is 10.3 Å². The number of rotatable bonds is 8. The van der Waals surface area contributed by atoms with E-state index in [1.165, 1.54) is 6.07 Å². The molecule has 1 heterocycles. The number of azide groups is 1. The summed E-state index contributed by atoms with van der Waals surface area (Å²) >= 11 is 0. The zero-order valence-electron chi connectivity index (χ0n) is 19.3. The van der Waals surface area contributed by atoms with Gasteiger partial charge in [0.2, 0.25) is 5.56 Å². The van der Waals surface area contributed by atoms with Crippen LogP contribution in [0.1, 0.15) is 31.9 Å². The molecule has 3 aromatic rings. The van der Waals surface area contributed by atoms with E-state index in [1.807, 2.05) is 42.5 Å². The van der Waals surface area contributed by atoms with Gasteiger partial charge in [0.05, 0.1) is 5.52 Å². The minimum atomic E-state index is -2.14. The number of hydrogen-bond donors (Lipinski definition) is 1. The molecule has 2 aromatic carbocycles. The molecule has 3 rings (SSSR count). The Hall–Kier alpha value is -3.06. The second-order valence-electron chi connectivity index (χ2n) is 9.35. The molecular formula is C24H30N4O3Si. The maximum atomic E-state index is 12.0. The average molecular weight is 451 g/mol. The largest absolute Gasteiger partial charge is 0.487 e. The van der Waals surface area contributed by atoms with Crippen LogP contribution in [0.3, 0.4) is 0 Å². The molecule has 7 nitrogen and oxygen atoms in total. The molecule has 0 aliphatic heterocycles. The van der Waals surface area contributed by atoms with Crippen LogP contribution in [0.2, 0.25) is 18.1 Å². The third-order valence-corrected chi connectivity index (χ3v) is 10.5. The second kappa shape index (κ2) is 9.61. The Morgan fingerprint density at radius 1 is 1.09 bits per heavy atom. The van der Waals surface area contributed by atoms with Gasteiger partial charge in [0.1, 0.15) is 18.6 Å². The molecule has 0 fully saturated rings. The van der Waals surface area contributed by atoms with Crippen LogP contribution in [-0.2, 0) is 17.5 Å². The van der Waals surface area contributed by atoms with Crippen LogP contribution in [0.5, 0.6) is 5.75 Å². The van der Waals surface area contributed by atoms with Crippen LogP contribution >= 0.6 is 0 Å². The third-order valence-electron chi connectivity index (χ3n) is 6.00. The molecule has 0 radical (unpaired) electrons. The van der Waals surface area contributed by atoms with Crippen molar-refractivity contribution in [3.05, 3.63) is 86.5 Å². The predicted molar refractivity (Wildman–Crippen MR) is 130 cm³/mol. The molecule has 0 aliphatic rings. The minimum Gasteiger partial charge on any atom is -0.487 e. The third kappa shape index (κ3) is 5.59. The molecule has 0 saturated carbocycles. The van der Waals surface area contributed by atoms with Gasteiger partial charge in [-0.1, -0.05) is 62.3 Å². The quantitative estimate of drug-likeness (QED) is 0.188. The first-order valence-corrected chi connectivity index (χ1v) is 13.6. The van der Waals surface area contributed by atoms with Gasteiger partial charge < -0.3 is 14.1 Å². The number of aromatic amines is 1. The van der Waals surface area contributed by atoms with E-state index in [0.29, 0.717) is 24.3 Å². The Morgan fingerprint density at radius 2 is 1.81 bits per heavy atom. The summed E-state index contributed by atoms with van der Waals surface area (Å²) < 4.78 is 12.4. The van der Waals surface area contributed by atoms with Crippen LogP contribution in [0, 0.1) is 0 Å². The number of aromatic nitrogens is 1. The number of ether oxygens (including phenoxy) is 1. The van der Waals surface area contributed by atoms with Gasteiger partial charge in [-0.2, -0.15) is 0 Å². The highest BCUT2D eigenvalue weighted by Crippen LogP contribution is 2.38. The highest BCUT2D eigenvalue weighted by molar-refractivity contribution is 6.74. The molecule has 32 heavy (non-hydrogen) atoms. The van der Waals surface area contributed by atoms with E-state index in [1.54, 1.807) is 6.07 Å². The molecule has 0 unspecified atom stereocenters. The maximum Gasteiger partial charge on any atom is 0.248 e. The SMILES string of the molecule is CC(C)(C)[Si](C)(C)O[C@H](Cc1ccc(OCc2ccccc2)c2[nH]c(=O)ccc12)N=[N+]=[N-]. The van der Waals surface area contributed by atoms with E-state index >= 15 is 0 Å². The topological polar surface area (TPSA) is 100 Å². The van der Waals surface area contributed by atoms with Crippen molar-refractivity contribution >= 4 is 19.2 Å². The van der Waals surface area contributed by atoms with Gasteiger partial charge in [-0.3, -0.25) is 4.79 Å². The molecule has 1 atom stereocenters. The van der Waals surface area contributed by atoms with Gasteiger partial charge in [0, 0.05) is 22.8 Å². The molecule has 0 saturated heterocycles. The summed E-state index contributed by atoms with van der Waals surface area (Å²) in [6.07, 6.45) is -0.231. The van der Waals surface area contributed by atoms with Crippen LogP contribution in [0.4, 0.5) is 0 Å². The van der Waals surface area contributed by atoms with Crippen LogP contribution in [-0.4, -0.2) is 19.5 Å². The zero-order valence-corrected chi connectivity index (χ0v) is 20.3. The fourth-order valence-corrected chi connectivity index (χ4v) is 4.35. The molecule has 0 spiro atoms. The van der Waals surface area contributed by atoms with Crippen molar-refractivity contribution in [1.29, 1.82) is 0 Å². The Morgan fingerprint density at radius 3 is 2.47 bits per heavy atom. The summed E-state index contributed by atoms with van der Waals surface area (Å²) in [4.78, 5) is 18.0. The number of nitrogens with one attached hydrogen (secondary N) is 1. The second-order valence-corrected chi connectivity index (χ2v) is 14.1. The van der Waals surface area contributed by atoms with Crippen molar-refractivity contribution in [1.82, 2.24) is 4.98 Å². The summed E-state index contributed by atoms with van der Waals surface area (Å²) in [5.74, 6) is 0.593. The monoisotopic (exact) mass is 450 g/mol. The highest BCUT2D eigenvalue weighted by Gasteiger charge is 2.39. The zero-order chi connectivity index (χ0) is 23.4. The highest BCUT2D eigenvalue weighted by atomic mass is 28.4. The number of nitrogens with zero attached hydrogens (tertiary/aromatic N) is 3. The summed E-state index contributed by atoms with van der Waals surface area (Å²) in [5.41, 5.74) is 11.5. The fraction of sp³-hybridized carbons (Fsp3) is 0.375. The van der Waals surface area contributed by atoms with Crippen molar-refractivity contribution in [3.63, 3.8) is 0 Å². The Balaban J connectivity index is 1.93. The number of H-pyrrole nitrogens is 1. The Kier molecular flexibility index (Phi) is 7.08. The number of hydrogen-bond acceptors (Lipinski definition) is 4. The predicted octanol–water partition coefficient (Wildman–Crippen LogP) is 6.31. The summed E-state index contributed by atoms with van der Waals surface area (Å²) in [6.45, 7) is 11.1. The molecule has 0 amide bonds. The van der Waals surface area contributed by atoms with Gasteiger partial charge >= 0.3 is 0 Å². The smallest absolute Gasteiger partial charge is 0.248 e. The summed E-state index contributed by atoms with van der Waals surface area (Å²) in [6, 6.07) is 16.9. The first kappa shape index (κ1) is 23.6. The fourth-order valence-electron chi connectivity index (χ4n) is 3.19. The normalized spacial score (nSPS) is 12.9. The first-order chi connectivity index (χ1) is 15.1. The van der Waals surface area contributed by atoms with Gasteiger partial charge in [-0.15, -0.1) is 0 Å². The van der Waals surface area contributed by atoms with Crippen molar-refractivity contribution in [2.45, 2.75) is 58.2 Å². The number of pyridine rings is 1. The molecule has 168 valence electrons. The van der Waals surface area contributed by atoms with Gasteiger partial charge in [-0.25, -0.2) is 0 Å². The van der Waals surface area contributed by atoms with E-state index in [4.69, 9.17) is 14.7 Å². The van der Waals surface area contributed by atoms with Gasteiger partial charge in [-0.05, 0) is 46.9 Å². The molecule has 8 heteroatoms. The lowest BCUT2D eigenvalue weighted by molar-refractivity contribution is 0.188. The van der Waals surface area contributed by atoms with E-state index in [-0.39, 0.29) is 10.6 Å². The van der Waals surface area contributed by atoms with Crippen molar-refractivity contribution in [2.75, 3.05) is 0 Å². The van der Waals surface area contributed by atoms with Crippen molar-refractivity contribution < 1.29 is 9.16 Å². The lowest BCUT2D eigenvalue weighted by Crippen LogP contribution is -2.43. The Labute approximate surface area is 189 Å². The molecule has 0 bridgehead atoms. The van der Waals surface area contributed by atoms with E-state index in [2.05, 4.69) is 48.9 Å². The minimum absolute atomic E-state index is 0.0152. The van der Waals surface area contributed by atoms with Crippen LogP contribution in [0.25, 0.3) is 21.3 Å². The molecule has 1 aromatic heterocycles. The molecular weight excluding hydrogens is 420 g/mol. The van der Waals surface area contributed by atoms with Crippen molar-refractivity contribution in [3.8, 4) is 5.75 Å². The Bertz CT molecular complexity index is 1180. The van der Waals surface area contributed by atoms with E-state index in [9.17, 15) is 4.79 Å². The molecule has 0 aliphatic carbocycles. The van der Waals surface area contributed by atoms with Gasteiger partial charge in [0.15, 0.2) is 8.32 Å².